The number of hydrogen-bond donors (Lipinski definition) is 0. The standard InChI is InChI=1S/C20H38ClI.Li/c1-3-5-6-7-8-9-10-11-12-13-14-15-19(16-17-22)18-20(21)4-2;/h16,21H,3-15,17-18H2,1-2H3;/q;+1/b19-16-;. The Morgan fingerprint density at radius 1 is 0.870 bits per heavy atom. The molecular weight excluding hydrogens is 410 g/mol. The first-order valence-electron chi connectivity index (χ1n) is 9.50. The van der Waals surface area contributed by atoms with Crippen LogP contribution in [0.1, 0.15) is 104 Å². The Balaban J connectivity index is 0. The average molecular weight is 448 g/mol. The molecule has 0 spiro atoms. The van der Waals surface area contributed by atoms with Crippen LogP contribution in [0.15, 0.2) is 11.6 Å². The van der Waals surface area contributed by atoms with Gasteiger partial charge in [0.05, 0.1) is 0 Å². The van der Waals surface area contributed by atoms with Crippen molar-refractivity contribution in [3.63, 3.8) is 0 Å². The van der Waals surface area contributed by atoms with E-state index in [1.165, 1.54) is 82.4 Å². The van der Waals surface area contributed by atoms with Gasteiger partial charge in [-0.15, -0.1) is 12.8 Å². The van der Waals surface area contributed by atoms with Crippen molar-refractivity contribution < 1.29 is 30.5 Å². The Kier molecular flexibility index (Phi) is 24.7. The van der Waals surface area contributed by atoms with Crippen LogP contribution in [-0.2, 0) is 0 Å². The van der Waals surface area contributed by atoms with Crippen LogP contribution in [0.3, 0.4) is 0 Å². The predicted molar refractivity (Wildman–Crippen MR) is 108 cm³/mol. The number of rotatable bonds is 16. The Morgan fingerprint density at radius 2 is 1.35 bits per heavy atom. The van der Waals surface area contributed by atoms with E-state index in [0.29, 0.717) is 0 Å². The number of hydrogen-bond acceptors (Lipinski definition) is 0. The van der Waals surface area contributed by atoms with Crippen molar-refractivity contribution in [2.45, 2.75) is 104 Å². The van der Waals surface area contributed by atoms with Crippen LogP contribution in [0.25, 0.3) is 0 Å². The van der Waals surface area contributed by atoms with Gasteiger partial charge in [-0.05, 0) is 18.2 Å². The van der Waals surface area contributed by atoms with Gasteiger partial charge in [0.2, 0.25) is 0 Å². The molecule has 0 aliphatic heterocycles. The summed E-state index contributed by atoms with van der Waals surface area (Å²) in [7, 11) is 0. The van der Waals surface area contributed by atoms with Crippen molar-refractivity contribution in [3.05, 3.63) is 17.0 Å². The van der Waals surface area contributed by atoms with Crippen molar-refractivity contribution in [3.8, 4) is 0 Å². The fraction of sp³-hybridized carbons (Fsp3) is 0.850. The maximum atomic E-state index is 5.39. The van der Waals surface area contributed by atoms with Crippen molar-refractivity contribution >= 4 is 22.6 Å². The summed E-state index contributed by atoms with van der Waals surface area (Å²) in [4.78, 5) is 0. The van der Waals surface area contributed by atoms with Crippen LogP contribution >= 0.6 is 22.6 Å². The Labute approximate surface area is 177 Å². The van der Waals surface area contributed by atoms with Crippen LogP contribution in [0.2, 0.25) is 0 Å². The topological polar surface area (TPSA) is 0 Å². The van der Waals surface area contributed by atoms with Gasteiger partial charge in [-0.1, -0.05) is 124 Å². The fourth-order valence-corrected chi connectivity index (χ4v) is 3.57. The molecule has 0 nitrogen and oxygen atoms in total. The average Bonchev–Trinajstić information content (AvgIpc) is 2.52. The minimum absolute atomic E-state index is 0. The zero-order chi connectivity index (χ0) is 16.5. The molecule has 0 aliphatic rings. The van der Waals surface area contributed by atoms with E-state index in [-0.39, 0.29) is 18.9 Å². The zero-order valence-electron chi connectivity index (χ0n) is 16.0. The largest absolute Gasteiger partial charge is 1.00 e. The molecular formula is C20H38ClILi+. The second-order valence-electron chi connectivity index (χ2n) is 6.37. The molecule has 3 heteroatoms. The molecule has 0 aromatic heterocycles. The van der Waals surface area contributed by atoms with Crippen molar-refractivity contribution in [1.82, 2.24) is 0 Å². The first-order valence-corrected chi connectivity index (χ1v) is 11.4. The maximum Gasteiger partial charge on any atom is 1.00 e. The summed E-state index contributed by atoms with van der Waals surface area (Å²) in [6.45, 7) is 4.46. The van der Waals surface area contributed by atoms with Crippen LogP contribution in [0.4, 0.5) is 0 Å². The molecule has 0 radical (unpaired) electrons. The summed E-state index contributed by atoms with van der Waals surface area (Å²) in [6, 6.07) is 0. The molecule has 0 N–H and O–H groups in total. The summed E-state index contributed by atoms with van der Waals surface area (Å²) in [5, 5.41) is 1.22. The summed E-state index contributed by atoms with van der Waals surface area (Å²) in [5.74, 6) is 0. The summed E-state index contributed by atoms with van der Waals surface area (Å²) >= 11 is 7.83. The van der Waals surface area contributed by atoms with Crippen molar-refractivity contribution in [2.75, 3.05) is 4.43 Å². The number of halogens is 2. The molecule has 0 aliphatic carbocycles. The van der Waals surface area contributed by atoms with Gasteiger partial charge < -0.3 is 0 Å². The van der Waals surface area contributed by atoms with Crippen molar-refractivity contribution in [1.29, 1.82) is 0 Å². The van der Waals surface area contributed by atoms with Crippen LogP contribution in [-0.4, -0.2) is 4.43 Å². The molecule has 132 valence electrons. The van der Waals surface area contributed by atoms with Crippen LogP contribution in [0.5, 0.6) is 0 Å². The normalized spacial score (nSPS) is 11.8. The maximum absolute atomic E-state index is 5.39. The third kappa shape index (κ3) is 19.5. The minimum Gasteiger partial charge on any atom is -0.125 e. The Hall–Kier alpha value is 1.36. The van der Waals surface area contributed by atoms with E-state index in [0.717, 1.165) is 17.3 Å². The molecule has 0 amide bonds. The molecule has 0 aromatic rings. The SMILES string of the molecule is CCCCCCCCCCCCC/C(=C/CI)C[C-]([ClH+])CC.[Li+]. The number of alkyl halides is 1. The van der Waals surface area contributed by atoms with Gasteiger partial charge in [0.25, 0.3) is 0 Å². The summed E-state index contributed by atoms with van der Waals surface area (Å²) in [6.07, 6.45) is 21.4. The second kappa shape index (κ2) is 21.4. The third-order valence-electron chi connectivity index (χ3n) is 4.29. The Bertz CT molecular complexity index is 256. The van der Waals surface area contributed by atoms with Gasteiger partial charge in [-0.3, -0.25) is 0 Å². The van der Waals surface area contributed by atoms with E-state index in [1.807, 2.05) is 0 Å². The summed E-state index contributed by atoms with van der Waals surface area (Å²) < 4.78 is 1.12. The van der Waals surface area contributed by atoms with E-state index < -0.39 is 0 Å². The van der Waals surface area contributed by atoms with E-state index >= 15 is 0 Å². The quantitative estimate of drug-likeness (QED) is 0.0806. The summed E-state index contributed by atoms with van der Waals surface area (Å²) in [5.41, 5.74) is 1.58. The molecule has 0 atom stereocenters. The van der Waals surface area contributed by atoms with Crippen LogP contribution < -0.4 is 18.9 Å². The van der Waals surface area contributed by atoms with E-state index in [4.69, 9.17) is 11.6 Å². The first-order chi connectivity index (χ1) is 10.7. The van der Waals surface area contributed by atoms with Gasteiger partial charge in [0.15, 0.2) is 0 Å². The monoisotopic (exact) mass is 447 g/mol. The molecule has 0 fully saturated rings. The molecule has 0 bridgehead atoms. The Morgan fingerprint density at radius 3 is 1.78 bits per heavy atom. The van der Waals surface area contributed by atoms with Gasteiger partial charge in [0.1, 0.15) is 0 Å². The second-order valence-corrected chi connectivity index (χ2v) is 7.83. The first kappa shape index (κ1) is 26.6. The van der Waals surface area contributed by atoms with Gasteiger partial charge in [-0.2, -0.15) is 0 Å². The molecule has 0 saturated heterocycles. The van der Waals surface area contributed by atoms with Gasteiger partial charge >= 0.3 is 18.9 Å². The van der Waals surface area contributed by atoms with Gasteiger partial charge in [0, 0.05) is 4.43 Å². The minimum atomic E-state index is 0. The smallest absolute Gasteiger partial charge is 0.125 e. The number of unbranched alkanes of at least 4 members (excludes halogenated alkanes) is 10. The van der Waals surface area contributed by atoms with Crippen LogP contribution in [0, 0.1) is 17.0 Å². The van der Waals surface area contributed by atoms with E-state index in [1.54, 1.807) is 5.57 Å². The predicted octanol–water partition coefficient (Wildman–Crippen LogP) is 4.67. The molecule has 0 heterocycles. The molecule has 23 heavy (non-hydrogen) atoms. The van der Waals surface area contributed by atoms with E-state index in [9.17, 15) is 0 Å². The van der Waals surface area contributed by atoms with Gasteiger partial charge in [-0.25, -0.2) is 0 Å². The van der Waals surface area contributed by atoms with Crippen molar-refractivity contribution in [2.24, 2.45) is 0 Å². The molecule has 0 unspecified atom stereocenters. The zero-order valence-corrected chi connectivity index (χ0v) is 18.9. The molecule has 0 aromatic carbocycles. The third-order valence-corrected chi connectivity index (χ3v) is 5.16. The molecule has 0 saturated carbocycles. The number of allylic oxidation sites excluding steroid dienone is 2. The fourth-order valence-electron chi connectivity index (χ4n) is 2.77. The van der Waals surface area contributed by atoms with E-state index in [2.05, 4.69) is 42.5 Å². The molecule has 0 rings (SSSR count).